The second kappa shape index (κ2) is 11.2. The van der Waals surface area contributed by atoms with E-state index in [2.05, 4.69) is 14.0 Å². The zero-order chi connectivity index (χ0) is 14.0. The molecule has 96 valence electrons. The van der Waals surface area contributed by atoms with Gasteiger partial charge >= 0.3 is 44.6 Å². The van der Waals surface area contributed by atoms with E-state index in [1.807, 2.05) is 0 Å². The minimum absolute atomic E-state index is 0. The molecule has 0 heterocycles. The Morgan fingerprint density at radius 2 is 0.944 bits per heavy atom. The first kappa shape index (κ1) is 21.1. The molecule has 0 aromatic heterocycles. The molecule has 0 saturated heterocycles. The molecule has 0 unspecified atom stereocenters. The van der Waals surface area contributed by atoms with Crippen molar-refractivity contribution in [1.29, 1.82) is 0 Å². The largest absolute Gasteiger partial charge is 1.00 e. The molecule has 0 aliphatic carbocycles. The van der Waals surface area contributed by atoms with E-state index in [1.165, 1.54) is 0 Å². The van der Waals surface area contributed by atoms with Gasteiger partial charge in [0.15, 0.2) is 0 Å². The van der Waals surface area contributed by atoms with Gasteiger partial charge < -0.3 is 44.3 Å². The predicted octanol–water partition coefficient (Wildman–Crippen LogP) is -4.05. The molecule has 18 heavy (non-hydrogen) atoms. The Bertz CT molecular complexity index is 260. The normalized spacial score (nSPS) is 7.33. The maximum Gasteiger partial charge on any atom is 1.00 e. The van der Waals surface area contributed by atoms with Gasteiger partial charge in [-0.2, -0.15) is 0 Å². The molecule has 0 radical (unpaired) electrons. The van der Waals surface area contributed by atoms with Crippen LogP contribution in [0.15, 0.2) is 0 Å². The van der Waals surface area contributed by atoms with Crippen molar-refractivity contribution in [1.82, 2.24) is 0 Å². The average molecular weight is 262 g/mol. The van der Waals surface area contributed by atoms with Crippen molar-refractivity contribution in [3.8, 4) is 0 Å². The van der Waals surface area contributed by atoms with Crippen LogP contribution in [0.3, 0.4) is 0 Å². The standard InChI is InChI=1S/C3H3BO9.CH2O3.Li/c5-1(6)11-4(12-2(7)8)13-3(9)10;2-1(3)4;/h(H,5,6)(H,7,8)(H,9,10);(H2,2,3,4);/q;;+1/p-1. The van der Waals surface area contributed by atoms with Crippen molar-refractivity contribution in [3.05, 3.63) is 0 Å². The minimum Gasteiger partial charge on any atom is -0.565 e. The number of rotatable bonds is 3. The van der Waals surface area contributed by atoms with Gasteiger partial charge in [0.2, 0.25) is 6.16 Å². The van der Waals surface area contributed by atoms with Crippen molar-refractivity contribution >= 4 is 31.9 Å². The maximum absolute atomic E-state index is 9.80. The zero-order valence-electron chi connectivity index (χ0n) is 8.63. The number of hydrogen-bond acceptors (Lipinski definition) is 8. The Morgan fingerprint density at radius 1 is 0.778 bits per heavy atom. The van der Waals surface area contributed by atoms with Gasteiger partial charge in [0.1, 0.15) is 0 Å². The van der Waals surface area contributed by atoms with Crippen LogP contribution in [-0.2, 0) is 14.0 Å². The van der Waals surface area contributed by atoms with Crippen LogP contribution in [0.4, 0.5) is 19.2 Å². The van der Waals surface area contributed by atoms with Crippen molar-refractivity contribution < 1.29 is 77.5 Å². The molecule has 0 spiro atoms. The smallest absolute Gasteiger partial charge is 0.565 e. The molecule has 0 amide bonds. The van der Waals surface area contributed by atoms with Gasteiger partial charge in [0.05, 0.1) is 0 Å². The van der Waals surface area contributed by atoms with Crippen LogP contribution >= 0.6 is 0 Å². The fraction of sp³-hybridized carbons (Fsp3) is 0. The Hall–Kier alpha value is -2.26. The molecule has 4 N–H and O–H groups in total. The quantitative estimate of drug-likeness (QED) is 0.359. The molecule has 0 bridgehead atoms. The third kappa shape index (κ3) is 23.5. The molecule has 0 aliphatic rings. The Labute approximate surface area is 110 Å². The molecule has 0 saturated carbocycles. The van der Waals surface area contributed by atoms with Gasteiger partial charge in [0.25, 0.3) is 0 Å². The molecule has 0 aliphatic heterocycles. The first-order valence-corrected chi connectivity index (χ1v) is 3.23. The summed E-state index contributed by atoms with van der Waals surface area (Å²) in [5.74, 6) is 0. The summed E-state index contributed by atoms with van der Waals surface area (Å²) in [4.78, 5) is 37.9. The molecule has 0 rings (SSSR count). The van der Waals surface area contributed by atoms with E-state index in [9.17, 15) is 14.4 Å². The summed E-state index contributed by atoms with van der Waals surface area (Å²) < 4.78 is 10.7. The number of carbonyl (C=O) groups is 4. The van der Waals surface area contributed by atoms with Crippen LogP contribution in [0.25, 0.3) is 0 Å². The maximum atomic E-state index is 9.80. The van der Waals surface area contributed by atoms with Crippen LogP contribution in [-0.4, -0.2) is 52.4 Å². The Kier molecular flexibility index (Phi) is 13.2. The minimum atomic E-state index is -2.34. The molecule has 12 nitrogen and oxygen atoms in total. The summed E-state index contributed by atoms with van der Waals surface area (Å²) in [5.41, 5.74) is 0. The SMILES string of the molecule is O=C(O)OB(OC(=O)O)OC(=O)O.O=C([O-])O.[Li+]. The van der Waals surface area contributed by atoms with E-state index in [0.717, 1.165) is 0 Å². The van der Waals surface area contributed by atoms with Crippen molar-refractivity contribution in [2.45, 2.75) is 0 Å². The zero-order valence-corrected chi connectivity index (χ0v) is 8.63. The summed E-state index contributed by atoms with van der Waals surface area (Å²) >= 11 is 0. The van der Waals surface area contributed by atoms with E-state index in [0.29, 0.717) is 0 Å². The molecule has 0 fully saturated rings. The van der Waals surface area contributed by atoms with Crippen LogP contribution in [0.5, 0.6) is 0 Å². The first-order chi connectivity index (χ1) is 7.65. The van der Waals surface area contributed by atoms with E-state index in [4.69, 9.17) is 30.3 Å². The third-order valence-electron chi connectivity index (χ3n) is 0.591. The summed E-state index contributed by atoms with van der Waals surface area (Å²) in [5, 5.41) is 39.1. The number of carboxylic acid groups (broad SMARTS) is 5. The molecular weight excluding hydrogens is 258 g/mol. The molecule has 0 aromatic carbocycles. The van der Waals surface area contributed by atoms with Gasteiger partial charge in [-0.1, -0.05) is 0 Å². The molecule has 14 heteroatoms. The molecular formula is C4H4BLiO12. The predicted molar refractivity (Wildman–Crippen MR) is 41.1 cm³/mol. The molecule has 0 aromatic rings. The fourth-order valence-corrected chi connectivity index (χ4v) is 0.319. The average Bonchev–Trinajstić information content (AvgIpc) is 1.96. The monoisotopic (exact) mass is 262 g/mol. The van der Waals surface area contributed by atoms with Gasteiger partial charge in [0, 0.05) is 0 Å². The van der Waals surface area contributed by atoms with E-state index in [1.54, 1.807) is 0 Å². The third-order valence-corrected chi connectivity index (χ3v) is 0.591. The Morgan fingerprint density at radius 3 is 1.06 bits per heavy atom. The van der Waals surface area contributed by atoms with E-state index in [-0.39, 0.29) is 18.9 Å². The first-order valence-electron chi connectivity index (χ1n) is 3.23. The fourth-order valence-electron chi connectivity index (χ4n) is 0.319. The Balaban J connectivity index is -0.000000392. The van der Waals surface area contributed by atoms with Crippen LogP contribution in [0.1, 0.15) is 0 Å². The second-order valence-corrected chi connectivity index (χ2v) is 1.71. The van der Waals surface area contributed by atoms with Crippen molar-refractivity contribution in [2.24, 2.45) is 0 Å². The van der Waals surface area contributed by atoms with Crippen LogP contribution in [0, 0.1) is 0 Å². The second-order valence-electron chi connectivity index (χ2n) is 1.71. The van der Waals surface area contributed by atoms with Gasteiger partial charge in [-0.15, -0.1) is 0 Å². The summed E-state index contributed by atoms with van der Waals surface area (Å²) in [6.07, 6.45) is -7.90. The van der Waals surface area contributed by atoms with Gasteiger partial charge in [-0.25, -0.2) is 14.4 Å². The summed E-state index contributed by atoms with van der Waals surface area (Å²) in [7, 11) is -2.34. The van der Waals surface area contributed by atoms with E-state index >= 15 is 0 Å². The van der Waals surface area contributed by atoms with Crippen molar-refractivity contribution in [2.75, 3.05) is 0 Å². The van der Waals surface area contributed by atoms with Gasteiger partial charge in [-0.3, -0.25) is 0 Å². The van der Waals surface area contributed by atoms with Crippen molar-refractivity contribution in [3.63, 3.8) is 0 Å². The van der Waals surface area contributed by atoms with Crippen LogP contribution < -0.4 is 24.0 Å². The topological polar surface area (TPSA) is 200 Å². The molecule has 0 atom stereocenters. The summed E-state index contributed by atoms with van der Waals surface area (Å²) in [6, 6.07) is 0. The van der Waals surface area contributed by atoms with Gasteiger partial charge in [-0.05, 0) is 0 Å². The number of hydrogen-bond donors (Lipinski definition) is 4. The summed E-state index contributed by atoms with van der Waals surface area (Å²) in [6.45, 7) is 0. The van der Waals surface area contributed by atoms with Crippen LogP contribution in [0.2, 0.25) is 0 Å². The van der Waals surface area contributed by atoms with E-state index < -0.39 is 31.9 Å².